The zero-order chi connectivity index (χ0) is 12.7. The minimum Gasteiger partial charge on any atom is -0.508 e. The number of rotatable bonds is 5. The Morgan fingerprint density at radius 3 is 2.65 bits per heavy atom. The molecular formula is C14H16O3. The average molecular weight is 232 g/mol. The summed E-state index contributed by atoms with van der Waals surface area (Å²) in [6.45, 7) is 5.97. The molecule has 3 nitrogen and oxygen atoms in total. The molecule has 0 atom stereocenters. The summed E-state index contributed by atoms with van der Waals surface area (Å²) >= 11 is 0. The van der Waals surface area contributed by atoms with Crippen LogP contribution in [0.1, 0.15) is 18.9 Å². The third-order valence-corrected chi connectivity index (χ3v) is 2.08. The van der Waals surface area contributed by atoms with E-state index in [1.54, 1.807) is 30.3 Å². The van der Waals surface area contributed by atoms with Crippen LogP contribution in [0.2, 0.25) is 0 Å². The van der Waals surface area contributed by atoms with E-state index in [-0.39, 0.29) is 11.7 Å². The second-order valence-electron chi connectivity index (χ2n) is 3.80. The SMILES string of the molecule is C=C(C)CCOC(=O)/C=C\c1ccc(O)cc1. The molecule has 0 heterocycles. The van der Waals surface area contributed by atoms with E-state index in [4.69, 9.17) is 9.84 Å². The van der Waals surface area contributed by atoms with Gasteiger partial charge in [-0.15, -0.1) is 6.58 Å². The second kappa shape index (κ2) is 6.53. The third-order valence-electron chi connectivity index (χ3n) is 2.08. The minimum absolute atomic E-state index is 0.200. The number of carbonyl (C=O) groups excluding carboxylic acids is 1. The Morgan fingerprint density at radius 1 is 1.41 bits per heavy atom. The highest BCUT2D eigenvalue weighted by Gasteiger charge is 1.96. The number of aromatic hydroxyl groups is 1. The first kappa shape index (κ1) is 13.0. The smallest absolute Gasteiger partial charge is 0.330 e. The van der Waals surface area contributed by atoms with Gasteiger partial charge in [0.15, 0.2) is 0 Å². The number of phenolic OH excluding ortho intramolecular Hbond substituents is 1. The Kier molecular flexibility index (Phi) is 5.01. The first-order chi connectivity index (χ1) is 8.08. The van der Waals surface area contributed by atoms with E-state index in [9.17, 15) is 4.79 Å². The Hall–Kier alpha value is -2.03. The summed E-state index contributed by atoms with van der Waals surface area (Å²) in [6, 6.07) is 6.55. The molecule has 1 aromatic carbocycles. The minimum atomic E-state index is -0.376. The van der Waals surface area contributed by atoms with Gasteiger partial charge in [0.2, 0.25) is 0 Å². The molecule has 1 rings (SSSR count). The van der Waals surface area contributed by atoms with Crippen LogP contribution >= 0.6 is 0 Å². The predicted octanol–water partition coefficient (Wildman–Crippen LogP) is 2.91. The maximum atomic E-state index is 11.3. The lowest BCUT2D eigenvalue weighted by molar-refractivity contribution is -0.137. The van der Waals surface area contributed by atoms with E-state index < -0.39 is 0 Å². The molecule has 0 bridgehead atoms. The monoisotopic (exact) mass is 232 g/mol. The molecule has 90 valence electrons. The topological polar surface area (TPSA) is 46.5 Å². The number of esters is 1. The van der Waals surface area contributed by atoms with Crippen LogP contribution in [0.4, 0.5) is 0 Å². The number of benzene rings is 1. The molecule has 3 heteroatoms. The normalized spacial score (nSPS) is 10.4. The Bertz CT molecular complexity index is 416. The van der Waals surface area contributed by atoms with Gasteiger partial charge in [0.1, 0.15) is 5.75 Å². The third kappa shape index (κ3) is 5.56. The van der Waals surface area contributed by atoms with E-state index in [0.29, 0.717) is 13.0 Å². The average Bonchev–Trinajstić information content (AvgIpc) is 2.28. The largest absolute Gasteiger partial charge is 0.508 e. The van der Waals surface area contributed by atoms with Gasteiger partial charge in [-0.05, 0) is 30.7 Å². The molecule has 0 amide bonds. The molecule has 0 saturated carbocycles. The van der Waals surface area contributed by atoms with Crippen LogP contribution in [0.5, 0.6) is 5.75 Å². The van der Waals surface area contributed by atoms with Crippen molar-refractivity contribution in [3.05, 3.63) is 48.1 Å². The van der Waals surface area contributed by atoms with E-state index in [1.165, 1.54) is 6.08 Å². The summed E-state index contributed by atoms with van der Waals surface area (Å²) in [7, 11) is 0. The Balaban J connectivity index is 2.40. The van der Waals surface area contributed by atoms with Crippen molar-refractivity contribution in [2.24, 2.45) is 0 Å². The standard InChI is InChI=1S/C14H16O3/c1-11(2)9-10-17-14(16)8-5-12-3-6-13(15)7-4-12/h3-8,15H,1,9-10H2,2H3/b8-5-. The second-order valence-corrected chi connectivity index (χ2v) is 3.80. The summed E-state index contributed by atoms with van der Waals surface area (Å²) in [4.78, 5) is 11.3. The van der Waals surface area contributed by atoms with Gasteiger partial charge in [-0.2, -0.15) is 0 Å². The lowest BCUT2D eigenvalue weighted by atomic mass is 10.2. The number of phenols is 1. The van der Waals surface area contributed by atoms with Crippen molar-refractivity contribution < 1.29 is 14.6 Å². The van der Waals surface area contributed by atoms with E-state index >= 15 is 0 Å². The summed E-state index contributed by atoms with van der Waals surface area (Å²) in [5.74, 6) is -0.175. The number of ether oxygens (including phenoxy) is 1. The molecule has 0 aliphatic rings. The van der Waals surface area contributed by atoms with Crippen molar-refractivity contribution >= 4 is 12.0 Å². The fraction of sp³-hybridized carbons (Fsp3) is 0.214. The summed E-state index contributed by atoms with van der Waals surface area (Å²) in [5, 5.41) is 9.08. The van der Waals surface area contributed by atoms with Crippen LogP contribution in [0.15, 0.2) is 42.5 Å². The van der Waals surface area contributed by atoms with Gasteiger partial charge < -0.3 is 9.84 Å². The van der Waals surface area contributed by atoms with Crippen LogP contribution in [-0.2, 0) is 9.53 Å². The van der Waals surface area contributed by atoms with Crippen molar-refractivity contribution in [1.29, 1.82) is 0 Å². The highest BCUT2D eigenvalue weighted by atomic mass is 16.5. The van der Waals surface area contributed by atoms with Crippen LogP contribution < -0.4 is 0 Å². The molecule has 0 radical (unpaired) electrons. The summed E-state index contributed by atoms with van der Waals surface area (Å²) in [5.41, 5.74) is 1.82. The molecule has 0 fully saturated rings. The summed E-state index contributed by atoms with van der Waals surface area (Å²) < 4.78 is 4.96. The Morgan fingerprint density at radius 2 is 2.06 bits per heavy atom. The zero-order valence-electron chi connectivity index (χ0n) is 9.85. The molecule has 0 aliphatic heterocycles. The molecule has 1 aromatic rings. The molecule has 0 saturated heterocycles. The van der Waals surface area contributed by atoms with Crippen molar-refractivity contribution in [3.8, 4) is 5.75 Å². The van der Waals surface area contributed by atoms with Crippen molar-refractivity contribution in [2.75, 3.05) is 6.61 Å². The molecule has 0 aromatic heterocycles. The lowest BCUT2D eigenvalue weighted by Gasteiger charge is -2.00. The van der Waals surface area contributed by atoms with Gasteiger partial charge in [-0.3, -0.25) is 0 Å². The quantitative estimate of drug-likeness (QED) is 0.482. The maximum Gasteiger partial charge on any atom is 0.330 e. The van der Waals surface area contributed by atoms with Gasteiger partial charge in [-0.1, -0.05) is 17.7 Å². The fourth-order valence-corrected chi connectivity index (χ4v) is 1.12. The molecule has 0 spiro atoms. The molecule has 17 heavy (non-hydrogen) atoms. The van der Waals surface area contributed by atoms with Crippen molar-refractivity contribution in [3.63, 3.8) is 0 Å². The van der Waals surface area contributed by atoms with Gasteiger partial charge in [-0.25, -0.2) is 4.79 Å². The molecular weight excluding hydrogens is 216 g/mol. The number of hydrogen-bond donors (Lipinski definition) is 1. The molecule has 0 aliphatic carbocycles. The van der Waals surface area contributed by atoms with E-state index in [1.807, 2.05) is 6.92 Å². The summed E-state index contributed by atoms with van der Waals surface area (Å²) in [6.07, 6.45) is 3.69. The zero-order valence-corrected chi connectivity index (χ0v) is 9.85. The first-order valence-corrected chi connectivity index (χ1v) is 5.36. The number of hydrogen-bond acceptors (Lipinski definition) is 3. The van der Waals surface area contributed by atoms with Gasteiger partial charge >= 0.3 is 5.97 Å². The van der Waals surface area contributed by atoms with Crippen molar-refractivity contribution in [2.45, 2.75) is 13.3 Å². The fourth-order valence-electron chi connectivity index (χ4n) is 1.12. The van der Waals surface area contributed by atoms with Crippen molar-refractivity contribution in [1.82, 2.24) is 0 Å². The van der Waals surface area contributed by atoms with Gasteiger partial charge in [0.05, 0.1) is 6.61 Å². The van der Waals surface area contributed by atoms with E-state index in [2.05, 4.69) is 6.58 Å². The molecule has 0 unspecified atom stereocenters. The lowest BCUT2D eigenvalue weighted by Crippen LogP contribution is -2.02. The van der Waals surface area contributed by atoms with Crippen LogP contribution in [0.25, 0.3) is 6.08 Å². The highest BCUT2D eigenvalue weighted by Crippen LogP contribution is 2.10. The number of carbonyl (C=O) groups is 1. The van der Waals surface area contributed by atoms with Crippen LogP contribution in [0.3, 0.4) is 0 Å². The van der Waals surface area contributed by atoms with Crippen LogP contribution in [0, 0.1) is 0 Å². The highest BCUT2D eigenvalue weighted by molar-refractivity contribution is 5.87. The maximum absolute atomic E-state index is 11.3. The Labute approximate surface area is 101 Å². The van der Waals surface area contributed by atoms with E-state index in [0.717, 1.165) is 11.1 Å². The van der Waals surface area contributed by atoms with Gasteiger partial charge in [0.25, 0.3) is 0 Å². The first-order valence-electron chi connectivity index (χ1n) is 5.36. The van der Waals surface area contributed by atoms with Crippen LogP contribution in [-0.4, -0.2) is 17.7 Å². The van der Waals surface area contributed by atoms with Gasteiger partial charge in [0, 0.05) is 12.5 Å². The predicted molar refractivity (Wildman–Crippen MR) is 67.5 cm³/mol. The molecule has 1 N–H and O–H groups in total.